The summed E-state index contributed by atoms with van der Waals surface area (Å²) in [5.74, 6) is 0. The van der Waals surface area contributed by atoms with Crippen molar-refractivity contribution in [3.05, 3.63) is 35.9 Å². The van der Waals surface area contributed by atoms with Crippen molar-refractivity contribution in [2.24, 2.45) is 0 Å². The van der Waals surface area contributed by atoms with Crippen molar-refractivity contribution in [3.8, 4) is 0 Å². The molecule has 0 radical (unpaired) electrons. The average molecular weight is 185 g/mol. The maximum atomic E-state index is 10.2. The minimum absolute atomic E-state index is 0.521. The van der Waals surface area contributed by atoms with E-state index in [1.807, 2.05) is 30.3 Å². The Morgan fingerprint density at radius 2 is 2.00 bits per heavy atom. The zero-order valence-electron chi connectivity index (χ0n) is 6.56. The number of hydrogen-bond donors (Lipinski definition) is 2. The molecule has 4 heteroatoms. The summed E-state index contributed by atoms with van der Waals surface area (Å²) in [4.78, 5) is 0. The first kappa shape index (κ1) is 9.38. The molecule has 0 spiro atoms. The summed E-state index contributed by atoms with van der Waals surface area (Å²) in [7, 11) is 0. The van der Waals surface area contributed by atoms with Gasteiger partial charge >= 0.3 is 0 Å². The fraction of sp³-hybridized carbons (Fsp3) is 0.250. The van der Waals surface area contributed by atoms with Crippen molar-refractivity contribution in [3.63, 3.8) is 0 Å². The normalized spacial score (nSPS) is 12.8. The van der Waals surface area contributed by atoms with Gasteiger partial charge in [-0.25, -0.2) is 8.93 Å². The maximum Gasteiger partial charge on any atom is 0.231 e. The molecule has 0 aliphatic carbocycles. The van der Waals surface area contributed by atoms with Gasteiger partial charge in [-0.3, -0.25) is 4.55 Å². The van der Waals surface area contributed by atoms with E-state index in [-0.39, 0.29) is 0 Å². The largest absolute Gasteiger partial charge is 0.294 e. The van der Waals surface area contributed by atoms with Gasteiger partial charge in [-0.2, -0.15) is 0 Å². The molecule has 0 amide bonds. The zero-order chi connectivity index (χ0) is 8.81. The molecule has 0 saturated heterocycles. The van der Waals surface area contributed by atoms with Crippen LogP contribution in [-0.2, 0) is 17.7 Å². The number of benzene rings is 1. The van der Waals surface area contributed by atoms with Crippen LogP contribution in [-0.4, -0.2) is 15.3 Å². The Labute approximate surface area is 74.2 Å². The summed E-state index contributed by atoms with van der Waals surface area (Å²) in [5, 5.41) is 0. The van der Waals surface area contributed by atoms with Crippen LogP contribution in [0.4, 0.5) is 0 Å². The smallest absolute Gasteiger partial charge is 0.231 e. The van der Waals surface area contributed by atoms with Crippen molar-refractivity contribution >= 4 is 11.3 Å². The van der Waals surface area contributed by atoms with Crippen molar-refractivity contribution in [2.45, 2.75) is 6.42 Å². The third-order valence-corrected chi connectivity index (χ3v) is 1.93. The van der Waals surface area contributed by atoms with E-state index in [1.165, 1.54) is 0 Å². The van der Waals surface area contributed by atoms with Crippen molar-refractivity contribution < 1.29 is 8.76 Å². The van der Waals surface area contributed by atoms with E-state index in [4.69, 9.17) is 4.55 Å². The fourth-order valence-corrected chi connectivity index (χ4v) is 1.20. The van der Waals surface area contributed by atoms with Gasteiger partial charge < -0.3 is 0 Å². The fourth-order valence-electron chi connectivity index (χ4n) is 0.927. The second kappa shape index (κ2) is 5.03. The highest BCUT2D eigenvalue weighted by Crippen LogP contribution is 1.97. The first-order valence-corrected chi connectivity index (χ1v) is 4.78. The summed E-state index contributed by atoms with van der Waals surface area (Å²) < 4.78 is 21.0. The molecule has 1 rings (SSSR count). The van der Waals surface area contributed by atoms with Crippen molar-refractivity contribution in [2.75, 3.05) is 6.54 Å². The Bertz CT molecular complexity index is 250. The summed E-state index contributed by atoms with van der Waals surface area (Å²) in [6.07, 6.45) is 0.771. The summed E-state index contributed by atoms with van der Waals surface area (Å²) in [6.45, 7) is 0.521. The topological polar surface area (TPSA) is 49.3 Å². The van der Waals surface area contributed by atoms with Gasteiger partial charge in [-0.05, 0) is 12.0 Å². The van der Waals surface area contributed by atoms with Crippen LogP contribution in [0, 0.1) is 0 Å². The van der Waals surface area contributed by atoms with Gasteiger partial charge in [-0.15, -0.1) is 0 Å². The van der Waals surface area contributed by atoms with Crippen LogP contribution in [0.5, 0.6) is 0 Å². The molecule has 0 saturated carbocycles. The summed E-state index contributed by atoms with van der Waals surface area (Å²) >= 11 is -1.89. The lowest BCUT2D eigenvalue weighted by Gasteiger charge is -1.99. The van der Waals surface area contributed by atoms with Crippen LogP contribution in [0.1, 0.15) is 5.56 Å². The van der Waals surface area contributed by atoms with Gasteiger partial charge in [0.2, 0.25) is 11.3 Å². The highest BCUT2D eigenvalue weighted by molar-refractivity contribution is 7.77. The molecule has 1 aromatic rings. The molecule has 0 aliphatic rings. The van der Waals surface area contributed by atoms with E-state index >= 15 is 0 Å². The van der Waals surface area contributed by atoms with Crippen LogP contribution in [0.3, 0.4) is 0 Å². The number of hydrogen-bond acceptors (Lipinski definition) is 1. The summed E-state index contributed by atoms with van der Waals surface area (Å²) in [6, 6.07) is 9.82. The lowest BCUT2D eigenvalue weighted by molar-refractivity contribution is 0.549. The van der Waals surface area contributed by atoms with Crippen molar-refractivity contribution in [1.82, 2.24) is 4.72 Å². The first-order valence-electron chi connectivity index (χ1n) is 3.67. The Morgan fingerprint density at radius 1 is 1.33 bits per heavy atom. The molecule has 0 fully saturated rings. The van der Waals surface area contributed by atoms with E-state index in [0.717, 1.165) is 12.0 Å². The molecule has 1 unspecified atom stereocenters. The third-order valence-electron chi connectivity index (χ3n) is 1.48. The second-order valence-corrected chi connectivity index (χ2v) is 3.17. The van der Waals surface area contributed by atoms with Crippen LogP contribution in [0.25, 0.3) is 0 Å². The third kappa shape index (κ3) is 3.61. The van der Waals surface area contributed by atoms with Gasteiger partial charge in [0.15, 0.2) is 0 Å². The number of nitrogens with one attached hydrogen (secondary N) is 1. The van der Waals surface area contributed by atoms with E-state index in [9.17, 15) is 4.21 Å². The lowest BCUT2D eigenvalue weighted by atomic mass is 10.2. The number of rotatable bonds is 4. The molecule has 1 atom stereocenters. The highest BCUT2D eigenvalue weighted by atomic mass is 32.2. The quantitative estimate of drug-likeness (QED) is 0.686. The Kier molecular flexibility index (Phi) is 3.93. The monoisotopic (exact) mass is 185 g/mol. The first-order chi connectivity index (χ1) is 5.79. The molecule has 0 aliphatic heterocycles. The molecule has 66 valence electrons. The van der Waals surface area contributed by atoms with Gasteiger partial charge in [0.25, 0.3) is 0 Å². The molecular weight excluding hydrogens is 174 g/mol. The van der Waals surface area contributed by atoms with Gasteiger partial charge in [0, 0.05) is 6.54 Å². The van der Waals surface area contributed by atoms with Gasteiger partial charge in [0.05, 0.1) is 0 Å². The zero-order valence-corrected chi connectivity index (χ0v) is 7.38. The predicted molar refractivity (Wildman–Crippen MR) is 48.9 cm³/mol. The highest BCUT2D eigenvalue weighted by Gasteiger charge is 1.92. The predicted octanol–water partition coefficient (Wildman–Crippen LogP) is 0.955. The SMILES string of the molecule is O=S(O)NCCc1ccccc1. The maximum absolute atomic E-state index is 10.2. The molecule has 2 N–H and O–H groups in total. The van der Waals surface area contributed by atoms with E-state index < -0.39 is 11.3 Å². The molecule has 12 heavy (non-hydrogen) atoms. The van der Waals surface area contributed by atoms with Crippen LogP contribution in [0.2, 0.25) is 0 Å². The van der Waals surface area contributed by atoms with Crippen molar-refractivity contribution in [1.29, 1.82) is 0 Å². The summed E-state index contributed by atoms with van der Waals surface area (Å²) in [5.41, 5.74) is 1.16. The molecule has 3 nitrogen and oxygen atoms in total. The lowest BCUT2D eigenvalue weighted by Crippen LogP contribution is -2.18. The standard InChI is InChI=1S/C8H11NO2S/c10-12(11)9-7-6-8-4-2-1-3-5-8/h1-5,9H,6-7H2,(H,10,11). The van der Waals surface area contributed by atoms with Crippen LogP contribution in [0.15, 0.2) is 30.3 Å². The molecular formula is C8H11NO2S. The molecule has 0 heterocycles. The van der Waals surface area contributed by atoms with E-state index in [2.05, 4.69) is 4.72 Å². The van der Waals surface area contributed by atoms with Gasteiger partial charge in [0.1, 0.15) is 0 Å². The Morgan fingerprint density at radius 3 is 2.58 bits per heavy atom. The van der Waals surface area contributed by atoms with E-state index in [1.54, 1.807) is 0 Å². The minimum Gasteiger partial charge on any atom is -0.294 e. The van der Waals surface area contributed by atoms with Crippen LogP contribution < -0.4 is 4.72 Å². The second-order valence-electron chi connectivity index (χ2n) is 2.38. The van der Waals surface area contributed by atoms with Gasteiger partial charge in [-0.1, -0.05) is 30.3 Å². The Balaban J connectivity index is 2.29. The molecule has 0 bridgehead atoms. The molecule has 0 aromatic heterocycles. The minimum atomic E-state index is -1.89. The Hall–Kier alpha value is -0.710. The molecule has 1 aromatic carbocycles. The average Bonchev–Trinajstić information content (AvgIpc) is 2.05. The van der Waals surface area contributed by atoms with Crippen LogP contribution >= 0.6 is 0 Å². The van der Waals surface area contributed by atoms with E-state index in [0.29, 0.717) is 6.54 Å².